The van der Waals surface area contributed by atoms with Crippen molar-refractivity contribution in [1.29, 1.82) is 0 Å². The van der Waals surface area contributed by atoms with Crippen LogP contribution in [0.15, 0.2) is 106 Å². The molecule has 0 spiro atoms. The van der Waals surface area contributed by atoms with E-state index < -0.39 is 72.6 Å². The van der Waals surface area contributed by atoms with E-state index in [9.17, 15) is 66.3 Å². The first-order chi connectivity index (χ1) is 36.0. The van der Waals surface area contributed by atoms with Crippen LogP contribution in [0, 0.1) is 0 Å². The second kappa shape index (κ2) is 32.8. The van der Waals surface area contributed by atoms with Crippen LogP contribution in [-0.2, 0) is 84.6 Å². The molecule has 0 saturated heterocycles. The molecule has 3 aliphatic heterocycles. The summed E-state index contributed by atoms with van der Waals surface area (Å²) in [6.45, 7) is 8.99. The summed E-state index contributed by atoms with van der Waals surface area (Å²) in [5.41, 5.74) is 1.20. The molecular weight excluding hydrogens is 1160 g/mol. The SMILES string of the molecule is CC1(C)C(=CC=CC(=CC=CC2=[N+](CCS(=O)(=O)[O-])c3ccc(S(=O)(=O)[O-])cc3C2(C)C)CCCOCC(=O)NCCCOCCOCCOCCCN2C(=O)C=CC2=O)N(CCS(=O)(=O)[O-])c2ccc(S(=O)(=O)[O-])cc21.[Na+].[Na+].[Na+]. The third kappa shape index (κ3) is 22.3. The van der Waals surface area contributed by atoms with E-state index in [1.165, 1.54) is 36.4 Å². The summed E-state index contributed by atoms with van der Waals surface area (Å²) >= 11 is 0. The fraction of sp³-hybridized carbons (Fsp3) is 0.480. The molecule has 424 valence electrons. The van der Waals surface area contributed by atoms with Gasteiger partial charge in [-0.25, -0.2) is 33.7 Å². The minimum Gasteiger partial charge on any atom is -0.748 e. The number of nitrogens with zero attached hydrogens (tertiary/aromatic N) is 3. The molecule has 3 amide bonds. The number of imide groups is 1. The van der Waals surface area contributed by atoms with Gasteiger partial charge in [-0.15, -0.1) is 0 Å². The number of fused-ring (bicyclic) bond motifs is 2. The molecule has 0 aliphatic carbocycles. The van der Waals surface area contributed by atoms with Crippen LogP contribution in [0.1, 0.15) is 64.5 Å². The summed E-state index contributed by atoms with van der Waals surface area (Å²) in [4.78, 5) is 37.4. The van der Waals surface area contributed by atoms with Crippen molar-refractivity contribution in [2.24, 2.45) is 0 Å². The van der Waals surface area contributed by atoms with Crippen molar-refractivity contribution in [2.45, 2.75) is 74.0 Å². The molecule has 3 aliphatic rings. The van der Waals surface area contributed by atoms with Gasteiger partial charge in [-0.3, -0.25) is 19.3 Å². The van der Waals surface area contributed by atoms with Crippen molar-refractivity contribution < 1.29 is 178 Å². The third-order valence-corrected chi connectivity index (χ3v) is 15.7. The molecule has 0 radical (unpaired) electrons. The fourth-order valence-electron chi connectivity index (χ4n) is 8.77. The molecule has 2 aromatic carbocycles. The molecule has 0 fully saturated rings. The zero-order valence-electron chi connectivity index (χ0n) is 46.0. The third-order valence-electron chi connectivity index (χ3n) is 12.7. The van der Waals surface area contributed by atoms with E-state index in [-0.39, 0.29) is 139 Å². The largest absolute Gasteiger partial charge is 1.00 e. The average Bonchev–Trinajstić information content (AvgIpc) is 3.85. The van der Waals surface area contributed by atoms with Crippen LogP contribution < -0.4 is 98.9 Å². The molecule has 5 rings (SSSR count). The number of amides is 3. The zero-order valence-corrected chi connectivity index (χ0v) is 55.3. The summed E-state index contributed by atoms with van der Waals surface area (Å²) in [5.74, 6) is -2.58. The van der Waals surface area contributed by atoms with E-state index in [0.717, 1.165) is 17.0 Å². The molecule has 3 heterocycles. The van der Waals surface area contributed by atoms with Crippen LogP contribution in [0.25, 0.3) is 0 Å². The molecule has 1 N–H and O–H groups in total. The van der Waals surface area contributed by atoms with Gasteiger partial charge in [0, 0.05) is 86.1 Å². The molecule has 80 heavy (non-hydrogen) atoms. The normalized spacial score (nSPS) is 16.6. The number of rotatable bonds is 32. The molecule has 0 aromatic heterocycles. The quantitative estimate of drug-likeness (QED) is 0.0178. The van der Waals surface area contributed by atoms with Crippen LogP contribution in [-0.4, -0.2) is 175 Å². The van der Waals surface area contributed by atoms with Crippen molar-refractivity contribution in [3.63, 3.8) is 0 Å². The van der Waals surface area contributed by atoms with E-state index in [1.807, 2.05) is 0 Å². The van der Waals surface area contributed by atoms with Crippen molar-refractivity contribution in [2.75, 3.05) is 95.4 Å². The topological polar surface area (TPSA) is 338 Å². The smallest absolute Gasteiger partial charge is 0.748 e. The Balaban J connectivity index is 0.00000729. The van der Waals surface area contributed by atoms with E-state index in [1.54, 1.807) is 73.6 Å². The van der Waals surface area contributed by atoms with E-state index in [2.05, 4.69) is 5.32 Å². The van der Waals surface area contributed by atoms with Crippen molar-refractivity contribution in [3.05, 3.63) is 107 Å². The first-order valence-electron chi connectivity index (χ1n) is 24.4. The van der Waals surface area contributed by atoms with Gasteiger partial charge in [0.2, 0.25) is 11.6 Å². The van der Waals surface area contributed by atoms with Gasteiger partial charge < -0.3 is 47.4 Å². The van der Waals surface area contributed by atoms with Crippen LogP contribution in [0.3, 0.4) is 0 Å². The Kier molecular flexibility index (Phi) is 30.3. The summed E-state index contributed by atoms with van der Waals surface area (Å²) in [7, 11) is -19.1. The molecule has 0 saturated carbocycles. The number of hydrogen-bond acceptors (Lipinski definition) is 20. The Hall–Kier alpha value is -2.30. The minimum absolute atomic E-state index is 0. The number of ether oxygens (including phenoxy) is 4. The van der Waals surface area contributed by atoms with Crippen LogP contribution in [0.4, 0.5) is 11.4 Å². The average molecular weight is 1220 g/mol. The number of allylic oxidation sites excluding steroid dienone is 8. The standard InChI is InChI=1S/C50H66N4O19S4.3Na/c1-49(2)40-34-38(76(64,65)66)15-17-42(40)52(23-32-74(58,59)60)44(49)13-5-10-37(11-6-14-45-50(3,4)41-35-39(77(67,68)69)16-18-43(41)53(45)24-33-75(61,62)63)12-7-25-73-36-46(55)51-21-8-26-70-28-30-72-31-29-71-27-9-22-54-47(56)19-20-48(54)57;;;/h5-6,10-11,13-20,34-35H,7-9,12,21-33,36H2,1-4H3,(H4-,51,55,58,59,60,61,62,63,64,65,66,67,68,69);;;/q;3*+1/p-3. The fourth-order valence-corrected chi connectivity index (χ4v) is 10.6. The van der Waals surface area contributed by atoms with Gasteiger partial charge in [0.15, 0.2) is 12.3 Å². The van der Waals surface area contributed by atoms with Crippen LogP contribution in [0.5, 0.6) is 0 Å². The van der Waals surface area contributed by atoms with Crippen LogP contribution >= 0.6 is 0 Å². The first kappa shape index (κ1) is 73.8. The summed E-state index contributed by atoms with van der Waals surface area (Å²) in [5, 5.41) is 2.76. The molecular formula is C50H63N4Na3O19S4. The molecule has 2 aromatic rings. The van der Waals surface area contributed by atoms with Gasteiger partial charge in [-0.05, 0) is 87.1 Å². The Morgan fingerprint density at radius 1 is 0.650 bits per heavy atom. The van der Waals surface area contributed by atoms with E-state index in [0.29, 0.717) is 111 Å². The maximum Gasteiger partial charge on any atom is 1.00 e. The van der Waals surface area contributed by atoms with Crippen molar-refractivity contribution >= 4 is 75.3 Å². The van der Waals surface area contributed by atoms with Gasteiger partial charge in [0.25, 0.3) is 11.8 Å². The molecule has 0 unspecified atom stereocenters. The monoisotopic (exact) mass is 1220 g/mol. The zero-order chi connectivity index (χ0) is 56.8. The van der Waals surface area contributed by atoms with Gasteiger partial charge in [-0.1, -0.05) is 38.2 Å². The van der Waals surface area contributed by atoms with E-state index >= 15 is 0 Å². The Bertz CT molecular complexity index is 3160. The predicted octanol–water partition coefficient (Wildman–Crippen LogP) is -6.64. The molecule has 30 heteroatoms. The summed E-state index contributed by atoms with van der Waals surface area (Å²) in [6, 6.07) is 7.41. The number of benzene rings is 2. The van der Waals surface area contributed by atoms with Crippen molar-refractivity contribution in [1.82, 2.24) is 10.2 Å². The maximum atomic E-state index is 12.5. The molecule has 23 nitrogen and oxygen atoms in total. The minimum atomic E-state index is -4.87. The number of hydrogen-bond donors (Lipinski definition) is 1. The van der Waals surface area contributed by atoms with Gasteiger partial charge in [-0.2, -0.15) is 4.58 Å². The number of nitrogens with one attached hydrogen (secondary N) is 1. The second-order valence-electron chi connectivity index (χ2n) is 19.0. The number of carbonyl (C=O) groups is 3. The van der Waals surface area contributed by atoms with E-state index in [4.69, 9.17) is 18.9 Å². The molecule has 0 bridgehead atoms. The number of carbonyl (C=O) groups excluding carboxylic acids is 3. The summed E-state index contributed by atoms with van der Waals surface area (Å²) < 4.78 is 166. The number of anilines is 1. The maximum absolute atomic E-state index is 12.5. The Labute approximate surface area is 535 Å². The Morgan fingerprint density at radius 3 is 1.79 bits per heavy atom. The van der Waals surface area contributed by atoms with Gasteiger partial charge in [0.05, 0.1) is 63.3 Å². The van der Waals surface area contributed by atoms with Crippen LogP contribution in [0.2, 0.25) is 0 Å². The second-order valence-corrected chi connectivity index (χ2v) is 24.8. The molecule has 0 atom stereocenters. The van der Waals surface area contributed by atoms with Crippen molar-refractivity contribution in [3.8, 4) is 0 Å². The van der Waals surface area contributed by atoms with Gasteiger partial charge >= 0.3 is 88.7 Å². The Morgan fingerprint density at radius 2 is 1.20 bits per heavy atom. The summed E-state index contributed by atoms with van der Waals surface area (Å²) in [6.07, 6.45) is 14.3. The predicted molar refractivity (Wildman–Crippen MR) is 276 cm³/mol. The first-order valence-corrected chi connectivity index (χ1v) is 30.4. The van der Waals surface area contributed by atoms with Gasteiger partial charge in [0.1, 0.15) is 37.0 Å².